The van der Waals surface area contributed by atoms with E-state index < -0.39 is 9.84 Å². The molecule has 1 rings (SSSR count). The highest BCUT2D eigenvalue weighted by atomic mass is 35.5. The maximum absolute atomic E-state index is 10.8. The SMILES string of the molecule is CS(=O)(=O)CCCCn1cc(Cl)c(N)n1. The molecule has 0 aliphatic rings. The Morgan fingerprint density at radius 1 is 1.53 bits per heavy atom. The van der Waals surface area contributed by atoms with Gasteiger partial charge in [-0.05, 0) is 12.8 Å². The van der Waals surface area contributed by atoms with Crippen LogP contribution in [0.2, 0.25) is 5.02 Å². The molecule has 0 fully saturated rings. The van der Waals surface area contributed by atoms with E-state index in [9.17, 15) is 8.42 Å². The Balaban J connectivity index is 2.32. The highest BCUT2D eigenvalue weighted by molar-refractivity contribution is 7.90. The van der Waals surface area contributed by atoms with Gasteiger partial charge in [-0.25, -0.2) is 8.42 Å². The third-order valence-corrected chi connectivity index (χ3v) is 3.22. The Morgan fingerprint density at radius 2 is 2.20 bits per heavy atom. The van der Waals surface area contributed by atoms with Crippen LogP contribution in [0.3, 0.4) is 0 Å². The van der Waals surface area contributed by atoms with Crippen LogP contribution < -0.4 is 5.73 Å². The lowest BCUT2D eigenvalue weighted by Gasteiger charge is -2.00. The van der Waals surface area contributed by atoms with Gasteiger partial charge in [-0.1, -0.05) is 11.6 Å². The number of rotatable bonds is 5. The monoisotopic (exact) mass is 251 g/mol. The van der Waals surface area contributed by atoms with Crippen LogP contribution in [0.15, 0.2) is 6.20 Å². The second-order valence-electron chi connectivity index (χ2n) is 3.46. The van der Waals surface area contributed by atoms with Crippen LogP contribution in [0.5, 0.6) is 0 Å². The summed E-state index contributed by atoms with van der Waals surface area (Å²) in [5.41, 5.74) is 5.45. The molecule has 0 amide bonds. The maximum atomic E-state index is 10.8. The van der Waals surface area contributed by atoms with Crippen molar-refractivity contribution in [1.29, 1.82) is 0 Å². The van der Waals surface area contributed by atoms with E-state index in [-0.39, 0.29) is 5.75 Å². The molecule has 0 aliphatic carbocycles. The van der Waals surface area contributed by atoms with Crippen LogP contribution in [0.4, 0.5) is 5.82 Å². The van der Waals surface area contributed by atoms with Crippen LogP contribution in [0, 0.1) is 0 Å². The van der Waals surface area contributed by atoms with Crippen molar-refractivity contribution in [3.8, 4) is 0 Å². The molecule has 0 saturated carbocycles. The molecule has 0 aliphatic heterocycles. The van der Waals surface area contributed by atoms with Crippen molar-refractivity contribution < 1.29 is 8.42 Å². The van der Waals surface area contributed by atoms with E-state index in [1.165, 1.54) is 6.26 Å². The van der Waals surface area contributed by atoms with E-state index in [1.54, 1.807) is 10.9 Å². The van der Waals surface area contributed by atoms with Gasteiger partial charge < -0.3 is 5.73 Å². The number of nitrogens with zero attached hydrogens (tertiary/aromatic N) is 2. The fourth-order valence-corrected chi connectivity index (χ4v) is 2.04. The third kappa shape index (κ3) is 4.53. The van der Waals surface area contributed by atoms with Gasteiger partial charge in [-0.3, -0.25) is 4.68 Å². The highest BCUT2D eigenvalue weighted by Gasteiger charge is 2.04. The smallest absolute Gasteiger partial charge is 0.164 e. The summed E-state index contributed by atoms with van der Waals surface area (Å²) in [4.78, 5) is 0. The van der Waals surface area contributed by atoms with E-state index in [4.69, 9.17) is 17.3 Å². The van der Waals surface area contributed by atoms with Gasteiger partial charge in [-0.2, -0.15) is 5.10 Å². The standard InChI is InChI=1S/C8H14ClN3O2S/c1-15(13,14)5-3-2-4-12-6-7(9)8(10)11-12/h6H,2-5H2,1H3,(H2,10,11). The molecule has 0 atom stereocenters. The maximum Gasteiger partial charge on any atom is 0.164 e. The fraction of sp³-hybridized carbons (Fsp3) is 0.625. The molecule has 1 heterocycles. The minimum atomic E-state index is -2.86. The summed E-state index contributed by atoms with van der Waals surface area (Å²) in [6.07, 6.45) is 4.23. The minimum Gasteiger partial charge on any atom is -0.381 e. The topological polar surface area (TPSA) is 78.0 Å². The van der Waals surface area contributed by atoms with Crippen molar-refractivity contribution in [2.75, 3.05) is 17.7 Å². The van der Waals surface area contributed by atoms with Gasteiger partial charge in [0, 0.05) is 24.8 Å². The lowest BCUT2D eigenvalue weighted by Crippen LogP contribution is -2.05. The van der Waals surface area contributed by atoms with E-state index in [2.05, 4.69) is 5.10 Å². The summed E-state index contributed by atoms with van der Waals surface area (Å²) in [7, 11) is -2.86. The van der Waals surface area contributed by atoms with Crippen molar-refractivity contribution in [2.24, 2.45) is 0 Å². The average Bonchev–Trinajstić information content (AvgIpc) is 2.39. The Hall–Kier alpha value is -0.750. The van der Waals surface area contributed by atoms with E-state index in [1.807, 2.05) is 0 Å². The molecule has 1 aromatic heterocycles. The average molecular weight is 252 g/mol. The summed E-state index contributed by atoms with van der Waals surface area (Å²) in [6, 6.07) is 0. The van der Waals surface area contributed by atoms with Gasteiger partial charge in [0.05, 0.1) is 0 Å². The largest absolute Gasteiger partial charge is 0.381 e. The van der Waals surface area contributed by atoms with Crippen LogP contribution in [0.25, 0.3) is 0 Å². The zero-order valence-electron chi connectivity index (χ0n) is 8.48. The first-order chi connectivity index (χ1) is 6.88. The van der Waals surface area contributed by atoms with Crippen molar-refractivity contribution in [3.05, 3.63) is 11.2 Å². The van der Waals surface area contributed by atoms with Crippen molar-refractivity contribution in [3.63, 3.8) is 0 Å². The molecule has 5 nitrogen and oxygen atoms in total. The van der Waals surface area contributed by atoms with Gasteiger partial charge >= 0.3 is 0 Å². The van der Waals surface area contributed by atoms with Crippen molar-refractivity contribution in [1.82, 2.24) is 9.78 Å². The number of aryl methyl sites for hydroxylation is 1. The van der Waals surface area contributed by atoms with Crippen LogP contribution in [-0.4, -0.2) is 30.2 Å². The molecule has 0 aromatic carbocycles. The highest BCUT2D eigenvalue weighted by Crippen LogP contribution is 2.15. The normalized spacial score (nSPS) is 11.9. The van der Waals surface area contributed by atoms with Crippen molar-refractivity contribution >= 4 is 27.3 Å². The number of hydrogen-bond donors (Lipinski definition) is 1. The van der Waals surface area contributed by atoms with Gasteiger partial charge in [0.15, 0.2) is 5.82 Å². The molecule has 0 saturated heterocycles. The Labute approximate surface area is 94.1 Å². The van der Waals surface area contributed by atoms with E-state index in [0.29, 0.717) is 23.8 Å². The number of halogens is 1. The number of nitrogens with two attached hydrogens (primary N) is 1. The summed E-state index contributed by atoms with van der Waals surface area (Å²) in [5, 5.41) is 4.39. The summed E-state index contributed by atoms with van der Waals surface area (Å²) in [5.74, 6) is 0.511. The molecular weight excluding hydrogens is 238 g/mol. The first-order valence-corrected chi connectivity index (χ1v) is 6.98. The first kappa shape index (κ1) is 12.3. The predicted molar refractivity (Wildman–Crippen MR) is 60.6 cm³/mol. The molecule has 0 bridgehead atoms. The summed E-state index contributed by atoms with van der Waals surface area (Å²) >= 11 is 5.71. The van der Waals surface area contributed by atoms with Gasteiger partial charge in [0.2, 0.25) is 0 Å². The molecule has 7 heteroatoms. The molecule has 0 unspecified atom stereocenters. The van der Waals surface area contributed by atoms with Crippen LogP contribution in [-0.2, 0) is 16.4 Å². The molecule has 1 aromatic rings. The lowest BCUT2D eigenvalue weighted by atomic mass is 10.3. The Bertz CT molecular complexity index is 408. The lowest BCUT2D eigenvalue weighted by molar-refractivity contribution is 0.563. The quantitative estimate of drug-likeness (QED) is 0.790. The number of hydrogen-bond acceptors (Lipinski definition) is 4. The molecule has 0 radical (unpaired) electrons. The Kier molecular flexibility index (Phi) is 3.98. The second kappa shape index (κ2) is 4.85. The first-order valence-electron chi connectivity index (χ1n) is 4.54. The van der Waals surface area contributed by atoms with Crippen LogP contribution >= 0.6 is 11.6 Å². The molecular formula is C8H14ClN3O2S. The molecule has 0 spiro atoms. The van der Waals surface area contributed by atoms with E-state index >= 15 is 0 Å². The second-order valence-corrected chi connectivity index (χ2v) is 6.13. The third-order valence-electron chi connectivity index (χ3n) is 1.90. The van der Waals surface area contributed by atoms with Gasteiger partial charge in [0.1, 0.15) is 14.9 Å². The number of anilines is 1. The van der Waals surface area contributed by atoms with Gasteiger partial charge in [-0.15, -0.1) is 0 Å². The fourth-order valence-electron chi connectivity index (χ4n) is 1.16. The molecule has 2 N–H and O–H groups in total. The zero-order valence-corrected chi connectivity index (χ0v) is 10.1. The minimum absolute atomic E-state index is 0.206. The van der Waals surface area contributed by atoms with Gasteiger partial charge in [0.25, 0.3) is 0 Å². The van der Waals surface area contributed by atoms with E-state index in [0.717, 1.165) is 6.42 Å². The number of sulfone groups is 1. The number of nitrogen functional groups attached to an aromatic ring is 1. The van der Waals surface area contributed by atoms with Crippen molar-refractivity contribution in [2.45, 2.75) is 19.4 Å². The molecule has 15 heavy (non-hydrogen) atoms. The zero-order chi connectivity index (χ0) is 11.5. The molecule has 86 valence electrons. The van der Waals surface area contributed by atoms with Crippen LogP contribution in [0.1, 0.15) is 12.8 Å². The number of aromatic nitrogens is 2. The Morgan fingerprint density at radius 3 is 2.67 bits per heavy atom. The summed E-state index contributed by atoms with van der Waals surface area (Å²) < 4.78 is 23.3. The summed E-state index contributed by atoms with van der Waals surface area (Å²) in [6.45, 7) is 0.631. The predicted octanol–water partition coefficient (Wildman–Crippen LogP) is 0.944. The number of unbranched alkanes of at least 4 members (excludes halogenated alkanes) is 1.